The first kappa shape index (κ1) is 20.5. The van der Waals surface area contributed by atoms with Gasteiger partial charge in [0.25, 0.3) is 0 Å². The van der Waals surface area contributed by atoms with Gasteiger partial charge in [-0.15, -0.1) is 20.4 Å². The summed E-state index contributed by atoms with van der Waals surface area (Å²) < 4.78 is 1.73. The van der Waals surface area contributed by atoms with Crippen molar-refractivity contribution in [2.75, 3.05) is 16.4 Å². The lowest BCUT2D eigenvalue weighted by Gasteiger charge is -2.06. The van der Waals surface area contributed by atoms with E-state index in [4.69, 9.17) is 0 Å². The number of rotatable bonds is 8. The molecule has 3 aromatic rings. The molecule has 2 N–H and O–H groups in total. The van der Waals surface area contributed by atoms with Crippen molar-refractivity contribution in [3.8, 4) is 0 Å². The van der Waals surface area contributed by atoms with Gasteiger partial charge in [-0.25, -0.2) is 0 Å². The Labute approximate surface area is 181 Å². The van der Waals surface area contributed by atoms with Crippen LogP contribution in [-0.4, -0.2) is 42.5 Å². The van der Waals surface area contributed by atoms with Gasteiger partial charge in [0.1, 0.15) is 10.8 Å². The Hall–Kier alpha value is -2.79. The van der Waals surface area contributed by atoms with Crippen molar-refractivity contribution in [2.24, 2.45) is 7.05 Å². The standard InChI is InChI=1S/C19H21N7O2S2/c1-11-3-7-13(8-4-11)20-15(27)9-14-22-25-19(26(14)2)29-10-16(28)21-18-24-23-17(30-18)12-5-6-12/h3-4,7-8,12H,5-6,9-10H2,1-2H3,(H,20,27)(H,21,24,28). The van der Waals surface area contributed by atoms with Gasteiger partial charge in [0.15, 0.2) is 5.16 Å². The van der Waals surface area contributed by atoms with Crippen LogP contribution in [0.2, 0.25) is 0 Å². The number of hydrogen-bond donors (Lipinski definition) is 2. The molecule has 156 valence electrons. The molecule has 2 amide bonds. The monoisotopic (exact) mass is 443 g/mol. The van der Waals surface area contributed by atoms with Crippen LogP contribution in [0.3, 0.4) is 0 Å². The van der Waals surface area contributed by atoms with E-state index in [-0.39, 0.29) is 24.0 Å². The maximum Gasteiger partial charge on any atom is 0.236 e. The number of carbonyl (C=O) groups excluding carboxylic acids is 2. The molecule has 0 radical (unpaired) electrons. The van der Waals surface area contributed by atoms with Crippen LogP contribution in [0.15, 0.2) is 29.4 Å². The SMILES string of the molecule is Cc1ccc(NC(=O)Cc2nnc(SCC(=O)Nc3nnc(C4CC4)s3)n2C)cc1. The van der Waals surface area contributed by atoms with Gasteiger partial charge in [0.05, 0.1) is 12.2 Å². The third kappa shape index (κ3) is 5.22. The normalized spacial score (nSPS) is 13.3. The van der Waals surface area contributed by atoms with Gasteiger partial charge in [-0.05, 0) is 31.9 Å². The van der Waals surface area contributed by atoms with Gasteiger partial charge in [-0.2, -0.15) is 0 Å². The predicted octanol–water partition coefficient (Wildman–Crippen LogP) is 2.76. The Morgan fingerprint density at radius 1 is 1.10 bits per heavy atom. The summed E-state index contributed by atoms with van der Waals surface area (Å²) in [5.41, 5.74) is 1.86. The number of benzene rings is 1. The van der Waals surface area contributed by atoms with Crippen molar-refractivity contribution in [2.45, 2.75) is 37.3 Å². The molecule has 11 heteroatoms. The molecular weight excluding hydrogens is 422 g/mol. The number of aromatic nitrogens is 5. The van der Waals surface area contributed by atoms with E-state index in [1.807, 2.05) is 31.2 Å². The second kappa shape index (κ2) is 8.92. The first-order valence-electron chi connectivity index (χ1n) is 9.49. The molecule has 9 nitrogen and oxygen atoms in total. The van der Waals surface area contributed by atoms with Crippen LogP contribution in [0.1, 0.15) is 35.2 Å². The number of amides is 2. The number of nitrogens with one attached hydrogen (secondary N) is 2. The number of anilines is 2. The molecule has 0 saturated heterocycles. The topological polar surface area (TPSA) is 115 Å². The van der Waals surface area contributed by atoms with E-state index in [0.717, 1.165) is 29.1 Å². The second-order valence-electron chi connectivity index (χ2n) is 7.11. The number of thioether (sulfide) groups is 1. The molecule has 2 heterocycles. The molecular formula is C19H21N7O2S2. The number of aryl methyl sites for hydroxylation is 1. The molecule has 0 bridgehead atoms. The fourth-order valence-corrected chi connectivity index (χ4v) is 4.33. The van der Waals surface area contributed by atoms with Crippen LogP contribution in [-0.2, 0) is 23.1 Å². The first-order chi connectivity index (χ1) is 14.5. The summed E-state index contributed by atoms with van der Waals surface area (Å²) in [5.74, 6) is 0.856. The lowest BCUT2D eigenvalue weighted by molar-refractivity contribution is -0.116. The van der Waals surface area contributed by atoms with Crippen molar-refractivity contribution in [3.63, 3.8) is 0 Å². The van der Waals surface area contributed by atoms with Crippen LogP contribution in [0.5, 0.6) is 0 Å². The zero-order valence-electron chi connectivity index (χ0n) is 16.6. The summed E-state index contributed by atoms with van der Waals surface area (Å²) in [6.07, 6.45) is 2.39. The summed E-state index contributed by atoms with van der Waals surface area (Å²) in [6.45, 7) is 1.99. The molecule has 0 unspecified atom stereocenters. The van der Waals surface area contributed by atoms with Gasteiger partial charge in [0.2, 0.25) is 16.9 Å². The highest BCUT2D eigenvalue weighted by Crippen LogP contribution is 2.42. The van der Waals surface area contributed by atoms with E-state index in [0.29, 0.717) is 22.0 Å². The number of carbonyl (C=O) groups is 2. The van der Waals surface area contributed by atoms with Crippen molar-refractivity contribution < 1.29 is 9.59 Å². The Kier molecular flexibility index (Phi) is 6.09. The van der Waals surface area contributed by atoms with E-state index in [2.05, 4.69) is 31.0 Å². The Morgan fingerprint density at radius 2 is 1.87 bits per heavy atom. The molecule has 1 saturated carbocycles. The van der Waals surface area contributed by atoms with Crippen molar-refractivity contribution >= 4 is 45.7 Å². The van der Waals surface area contributed by atoms with E-state index < -0.39 is 0 Å². The quantitative estimate of drug-likeness (QED) is 0.515. The predicted molar refractivity (Wildman–Crippen MR) is 116 cm³/mol. The summed E-state index contributed by atoms with van der Waals surface area (Å²) in [4.78, 5) is 24.5. The summed E-state index contributed by atoms with van der Waals surface area (Å²) in [5, 5.41) is 24.0. The summed E-state index contributed by atoms with van der Waals surface area (Å²) in [7, 11) is 1.78. The van der Waals surface area contributed by atoms with E-state index in [1.165, 1.54) is 23.1 Å². The smallest absolute Gasteiger partial charge is 0.236 e. The Morgan fingerprint density at radius 3 is 2.60 bits per heavy atom. The molecule has 4 rings (SSSR count). The third-order valence-corrected chi connectivity index (χ3v) is 6.55. The molecule has 2 aromatic heterocycles. The average molecular weight is 444 g/mol. The molecule has 1 aliphatic carbocycles. The average Bonchev–Trinajstić information content (AvgIpc) is 3.38. The van der Waals surface area contributed by atoms with Gasteiger partial charge >= 0.3 is 0 Å². The second-order valence-corrected chi connectivity index (χ2v) is 9.06. The first-order valence-corrected chi connectivity index (χ1v) is 11.3. The van der Waals surface area contributed by atoms with Crippen LogP contribution >= 0.6 is 23.1 Å². The Bertz CT molecular complexity index is 1060. The van der Waals surface area contributed by atoms with Crippen molar-refractivity contribution in [1.29, 1.82) is 0 Å². The molecule has 30 heavy (non-hydrogen) atoms. The maximum atomic E-state index is 12.3. The van der Waals surface area contributed by atoms with Crippen molar-refractivity contribution in [1.82, 2.24) is 25.0 Å². The highest BCUT2D eigenvalue weighted by molar-refractivity contribution is 7.99. The molecule has 1 aliphatic rings. The van der Waals surface area contributed by atoms with Crippen LogP contribution in [0.4, 0.5) is 10.8 Å². The largest absolute Gasteiger partial charge is 0.326 e. The third-order valence-electron chi connectivity index (χ3n) is 4.53. The van der Waals surface area contributed by atoms with Gasteiger partial charge in [0, 0.05) is 18.7 Å². The zero-order valence-corrected chi connectivity index (χ0v) is 18.2. The molecule has 1 fully saturated rings. The van der Waals surface area contributed by atoms with Gasteiger partial charge < -0.3 is 9.88 Å². The minimum atomic E-state index is -0.180. The van der Waals surface area contributed by atoms with E-state index in [9.17, 15) is 9.59 Å². The summed E-state index contributed by atoms with van der Waals surface area (Å²) >= 11 is 2.68. The molecule has 1 aromatic carbocycles. The van der Waals surface area contributed by atoms with Gasteiger partial charge in [-0.3, -0.25) is 14.9 Å². The van der Waals surface area contributed by atoms with Crippen LogP contribution in [0, 0.1) is 6.92 Å². The van der Waals surface area contributed by atoms with Crippen LogP contribution in [0.25, 0.3) is 0 Å². The number of nitrogens with zero attached hydrogens (tertiary/aromatic N) is 5. The summed E-state index contributed by atoms with van der Waals surface area (Å²) in [6, 6.07) is 7.59. The fraction of sp³-hybridized carbons (Fsp3) is 0.368. The molecule has 0 atom stereocenters. The van der Waals surface area contributed by atoms with Gasteiger partial charge in [-0.1, -0.05) is 40.8 Å². The van der Waals surface area contributed by atoms with Crippen molar-refractivity contribution in [3.05, 3.63) is 40.7 Å². The van der Waals surface area contributed by atoms with E-state index in [1.54, 1.807) is 11.6 Å². The highest BCUT2D eigenvalue weighted by atomic mass is 32.2. The minimum Gasteiger partial charge on any atom is -0.326 e. The molecule has 0 aliphatic heterocycles. The zero-order chi connectivity index (χ0) is 21.1. The Balaban J connectivity index is 1.27. The minimum absolute atomic E-state index is 0.0961. The number of hydrogen-bond acceptors (Lipinski definition) is 8. The fourth-order valence-electron chi connectivity index (χ4n) is 2.68. The highest BCUT2D eigenvalue weighted by Gasteiger charge is 2.27. The maximum absolute atomic E-state index is 12.3. The van der Waals surface area contributed by atoms with E-state index >= 15 is 0 Å². The lowest BCUT2D eigenvalue weighted by Crippen LogP contribution is -2.17. The molecule has 0 spiro atoms. The lowest BCUT2D eigenvalue weighted by atomic mass is 10.2. The van der Waals surface area contributed by atoms with Crippen LogP contribution < -0.4 is 10.6 Å².